The first-order chi connectivity index (χ1) is 10.0. The number of hydrogen-bond donors (Lipinski definition) is 1. The molecule has 4 heteroatoms. The third-order valence-corrected chi connectivity index (χ3v) is 4.98. The minimum absolute atomic E-state index is 0.410. The van der Waals surface area contributed by atoms with E-state index in [1.165, 1.54) is 0 Å². The van der Waals surface area contributed by atoms with Crippen molar-refractivity contribution < 1.29 is 8.95 Å². The van der Waals surface area contributed by atoms with Crippen molar-refractivity contribution in [1.29, 1.82) is 0 Å². The Kier molecular flexibility index (Phi) is 5.15. The molecule has 2 aromatic carbocycles. The zero-order chi connectivity index (χ0) is 15.4. The van der Waals surface area contributed by atoms with Crippen LogP contribution >= 0.6 is 0 Å². The van der Waals surface area contributed by atoms with Gasteiger partial charge in [-0.1, -0.05) is 18.2 Å². The average molecular weight is 303 g/mol. The van der Waals surface area contributed by atoms with Crippen LogP contribution in [-0.2, 0) is 23.1 Å². The number of aryl methyl sites for hydroxylation is 2. The van der Waals surface area contributed by atoms with Crippen molar-refractivity contribution in [2.75, 3.05) is 7.11 Å². The largest absolute Gasteiger partial charge is 0.496 e. The molecule has 0 aliphatic heterocycles. The van der Waals surface area contributed by atoms with E-state index in [-0.39, 0.29) is 0 Å². The molecular weight excluding hydrogens is 282 g/mol. The van der Waals surface area contributed by atoms with E-state index in [2.05, 4.69) is 0 Å². The smallest absolute Gasteiger partial charge is 0.123 e. The van der Waals surface area contributed by atoms with Gasteiger partial charge in [-0.3, -0.25) is 4.21 Å². The van der Waals surface area contributed by atoms with Gasteiger partial charge in [0.05, 0.1) is 23.7 Å². The summed E-state index contributed by atoms with van der Waals surface area (Å²) in [5, 5.41) is 0. The van der Waals surface area contributed by atoms with E-state index < -0.39 is 10.8 Å². The summed E-state index contributed by atoms with van der Waals surface area (Å²) >= 11 is 0. The summed E-state index contributed by atoms with van der Waals surface area (Å²) < 4.78 is 17.8. The van der Waals surface area contributed by atoms with Gasteiger partial charge in [0.2, 0.25) is 0 Å². The molecule has 3 nitrogen and oxygen atoms in total. The number of hydrogen-bond acceptors (Lipinski definition) is 3. The second kappa shape index (κ2) is 6.87. The van der Waals surface area contributed by atoms with Gasteiger partial charge in [-0.2, -0.15) is 0 Å². The van der Waals surface area contributed by atoms with Crippen molar-refractivity contribution in [3.05, 3.63) is 58.7 Å². The second-order valence-corrected chi connectivity index (χ2v) is 6.53. The third-order valence-electron chi connectivity index (χ3n) is 3.45. The molecule has 0 saturated carbocycles. The summed E-state index contributed by atoms with van der Waals surface area (Å²) in [6, 6.07) is 11.9. The van der Waals surface area contributed by atoms with Gasteiger partial charge < -0.3 is 10.5 Å². The Hall–Kier alpha value is -1.65. The standard InChI is InChI=1S/C17H21NO2S/c1-12-4-5-13(2)17(8-12)21(19)11-14-6-7-16(20-3)15(9-14)10-18/h4-9H,10-11,18H2,1-3H3. The lowest BCUT2D eigenvalue weighted by Gasteiger charge is -2.10. The molecule has 0 heterocycles. The molecule has 2 N–H and O–H groups in total. The van der Waals surface area contributed by atoms with Gasteiger partial charge in [0.25, 0.3) is 0 Å². The Morgan fingerprint density at radius 2 is 1.90 bits per heavy atom. The van der Waals surface area contributed by atoms with E-state index in [0.29, 0.717) is 12.3 Å². The van der Waals surface area contributed by atoms with Crippen LogP contribution < -0.4 is 10.5 Å². The Bertz CT molecular complexity index is 668. The van der Waals surface area contributed by atoms with Crippen molar-refractivity contribution in [2.45, 2.75) is 31.0 Å². The Morgan fingerprint density at radius 3 is 2.57 bits per heavy atom. The van der Waals surface area contributed by atoms with E-state index in [0.717, 1.165) is 32.9 Å². The lowest BCUT2D eigenvalue weighted by atomic mass is 10.1. The highest BCUT2D eigenvalue weighted by Crippen LogP contribution is 2.23. The summed E-state index contributed by atoms with van der Waals surface area (Å²) in [6.07, 6.45) is 0. The summed E-state index contributed by atoms with van der Waals surface area (Å²) in [6.45, 7) is 4.42. The molecule has 0 radical (unpaired) electrons. The zero-order valence-electron chi connectivity index (χ0n) is 12.7. The Labute approximate surface area is 128 Å². The molecule has 2 rings (SSSR count). The maximum Gasteiger partial charge on any atom is 0.123 e. The van der Waals surface area contributed by atoms with Crippen LogP contribution in [0.3, 0.4) is 0 Å². The van der Waals surface area contributed by atoms with Crippen LogP contribution in [0.25, 0.3) is 0 Å². The summed E-state index contributed by atoms with van der Waals surface area (Å²) in [7, 11) is 0.571. The normalized spacial score (nSPS) is 12.2. The molecule has 0 aliphatic carbocycles. The number of ether oxygens (including phenoxy) is 1. The molecule has 0 bridgehead atoms. The Morgan fingerprint density at radius 1 is 1.14 bits per heavy atom. The van der Waals surface area contributed by atoms with Gasteiger partial charge in [-0.05, 0) is 48.7 Å². The van der Waals surface area contributed by atoms with Crippen molar-refractivity contribution >= 4 is 10.8 Å². The number of benzene rings is 2. The third kappa shape index (κ3) is 3.71. The molecule has 0 fully saturated rings. The monoisotopic (exact) mass is 303 g/mol. The van der Waals surface area contributed by atoms with Gasteiger partial charge in [0.15, 0.2) is 0 Å². The summed E-state index contributed by atoms with van der Waals surface area (Å²) in [5.74, 6) is 1.26. The zero-order valence-corrected chi connectivity index (χ0v) is 13.5. The van der Waals surface area contributed by atoms with E-state index in [1.54, 1.807) is 7.11 Å². The number of methoxy groups -OCH3 is 1. The van der Waals surface area contributed by atoms with Crippen LogP contribution in [0.5, 0.6) is 5.75 Å². The van der Waals surface area contributed by atoms with E-state index in [4.69, 9.17) is 10.5 Å². The number of nitrogens with two attached hydrogens (primary N) is 1. The maximum absolute atomic E-state index is 12.6. The van der Waals surface area contributed by atoms with Gasteiger partial charge in [-0.15, -0.1) is 0 Å². The van der Waals surface area contributed by atoms with Gasteiger partial charge >= 0.3 is 0 Å². The van der Waals surface area contributed by atoms with Gasteiger partial charge in [0.1, 0.15) is 5.75 Å². The molecule has 0 aliphatic rings. The van der Waals surface area contributed by atoms with Gasteiger partial charge in [0, 0.05) is 17.0 Å². The summed E-state index contributed by atoms with van der Waals surface area (Å²) in [4.78, 5) is 0.903. The number of rotatable bonds is 5. The predicted molar refractivity (Wildman–Crippen MR) is 86.9 cm³/mol. The summed E-state index contributed by atoms with van der Waals surface area (Å²) in [5.41, 5.74) is 9.86. The van der Waals surface area contributed by atoms with E-state index in [1.807, 2.05) is 50.2 Å². The lowest BCUT2D eigenvalue weighted by molar-refractivity contribution is 0.409. The first kappa shape index (κ1) is 15.7. The molecule has 0 aromatic heterocycles. The lowest BCUT2D eigenvalue weighted by Crippen LogP contribution is -2.03. The predicted octanol–water partition coefficient (Wildman–Crippen LogP) is 3.08. The molecular formula is C17H21NO2S. The van der Waals surface area contributed by atoms with Crippen molar-refractivity contribution in [2.24, 2.45) is 5.73 Å². The van der Waals surface area contributed by atoms with Crippen molar-refractivity contribution in [3.8, 4) is 5.75 Å². The van der Waals surface area contributed by atoms with Crippen LogP contribution in [0.4, 0.5) is 0 Å². The van der Waals surface area contributed by atoms with Crippen LogP contribution in [-0.4, -0.2) is 11.3 Å². The van der Waals surface area contributed by atoms with Crippen LogP contribution in [0.1, 0.15) is 22.3 Å². The average Bonchev–Trinajstić information content (AvgIpc) is 2.49. The quantitative estimate of drug-likeness (QED) is 0.923. The molecule has 0 amide bonds. The molecule has 2 aromatic rings. The van der Waals surface area contributed by atoms with Crippen molar-refractivity contribution in [1.82, 2.24) is 0 Å². The molecule has 1 atom stereocenters. The SMILES string of the molecule is COc1ccc(CS(=O)c2cc(C)ccc2C)cc1CN. The molecule has 1 unspecified atom stereocenters. The topological polar surface area (TPSA) is 52.3 Å². The highest BCUT2D eigenvalue weighted by atomic mass is 32.2. The first-order valence-corrected chi connectivity index (χ1v) is 8.18. The first-order valence-electron chi connectivity index (χ1n) is 6.86. The van der Waals surface area contributed by atoms with Gasteiger partial charge in [-0.25, -0.2) is 0 Å². The Balaban J connectivity index is 2.25. The van der Waals surface area contributed by atoms with E-state index >= 15 is 0 Å². The molecule has 0 saturated heterocycles. The fourth-order valence-corrected chi connectivity index (χ4v) is 3.65. The van der Waals surface area contributed by atoms with Crippen LogP contribution in [0.15, 0.2) is 41.3 Å². The molecule has 21 heavy (non-hydrogen) atoms. The fourth-order valence-electron chi connectivity index (χ4n) is 2.26. The fraction of sp³-hybridized carbons (Fsp3) is 0.294. The highest BCUT2D eigenvalue weighted by molar-refractivity contribution is 7.84. The maximum atomic E-state index is 12.6. The minimum atomic E-state index is -1.06. The highest BCUT2D eigenvalue weighted by Gasteiger charge is 2.10. The van der Waals surface area contributed by atoms with Crippen molar-refractivity contribution in [3.63, 3.8) is 0 Å². The minimum Gasteiger partial charge on any atom is -0.496 e. The van der Waals surface area contributed by atoms with E-state index in [9.17, 15) is 4.21 Å². The molecule has 112 valence electrons. The second-order valence-electron chi connectivity index (χ2n) is 5.11. The van der Waals surface area contributed by atoms with Crippen LogP contribution in [0, 0.1) is 13.8 Å². The molecule has 0 spiro atoms. The van der Waals surface area contributed by atoms with Crippen LogP contribution in [0.2, 0.25) is 0 Å².